The number of hydrogen-bond donors (Lipinski definition) is 2. The van der Waals surface area contributed by atoms with Gasteiger partial charge >= 0.3 is 0 Å². The fourth-order valence-corrected chi connectivity index (χ4v) is 4.83. The Balaban J connectivity index is 2.10. The largest absolute Gasteiger partial charge is 0.350 e. The first-order chi connectivity index (χ1) is 12.5. The maximum Gasteiger partial charge on any atom is 0.251 e. The van der Waals surface area contributed by atoms with E-state index in [2.05, 4.69) is 10.6 Å². The van der Waals surface area contributed by atoms with Gasteiger partial charge in [0.2, 0.25) is 15.9 Å². The Morgan fingerprint density at radius 3 is 2.56 bits per heavy atom. The van der Waals surface area contributed by atoms with E-state index in [9.17, 15) is 18.0 Å². The number of rotatable bonds is 5. The predicted octanol–water partition coefficient (Wildman–Crippen LogP) is 1.89. The quantitative estimate of drug-likeness (QED) is 0.796. The van der Waals surface area contributed by atoms with Crippen molar-refractivity contribution in [3.05, 3.63) is 29.8 Å². The zero-order valence-electron chi connectivity index (χ0n) is 16.4. The van der Waals surface area contributed by atoms with Crippen molar-refractivity contribution in [3.63, 3.8) is 0 Å². The molecule has 1 aromatic rings. The van der Waals surface area contributed by atoms with Gasteiger partial charge in [0.25, 0.3) is 5.91 Å². The molecule has 1 aliphatic rings. The summed E-state index contributed by atoms with van der Waals surface area (Å²) in [6.45, 7) is 7.78. The van der Waals surface area contributed by atoms with Crippen LogP contribution in [0.5, 0.6) is 0 Å². The summed E-state index contributed by atoms with van der Waals surface area (Å²) in [5, 5.41) is 5.28. The van der Waals surface area contributed by atoms with Crippen LogP contribution in [-0.4, -0.2) is 49.2 Å². The monoisotopic (exact) mass is 395 g/mol. The average Bonchev–Trinajstić information content (AvgIpc) is 2.58. The fraction of sp³-hybridized carbons (Fsp3) is 0.579. The Morgan fingerprint density at radius 1 is 1.22 bits per heavy atom. The van der Waals surface area contributed by atoms with Gasteiger partial charge in [0.15, 0.2) is 0 Å². The summed E-state index contributed by atoms with van der Waals surface area (Å²) in [4.78, 5) is 24.3. The van der Waals surface area contributed by atoms with E-state index in [-0.39, 0.29) is 34.5 Å². The minimum Gasteiger partial charge on any atom is -0.350 e. The summed E-state index contributed by atoms with van der Waals surface area (Å²) in [5.41, 5.74) is -0.176. The van der Waals surface area contributed by atoms with Gasteiger partial charge in [-0.3, -0.25) is 9.59 Å². The minimum atomic E-state index is -3.65. The third-order valence-electron chi connectivity index (χ3n) is 4.37. The van der Waals surface area contributed by atoms with E-state index in [1.54, 1.807) is 6.07 Å². The van der Waals surface area contributed by atoms with Crippen LogP contribution in [0.15, 0.2) is 29.2 Å². The molecule has 0 saturated carbocycles. The van der Waals surface area contributed by atoms with Gasteiger partial charge in [0, 0.05) is 23.7 Å². The molecule has 1 saturated heterocycles. The number of hydrogen-bond acceptors (Lipinski definition) is 4. The van der Waals surface area contributed by atoms with Crippen LogP contribution < -0.4 is 10.6 Å². The third kappa shape index (κ3) is 5.77. The van der Waals surface area contributed by atoms with Crippen LogP contribution >= 0.6 is 0 Å². The van der Waals surface area contributed by atoms with E-state index in [1.165, 1.54) is 22.5 Å². The molecule has 1 aliphatic heterocycles. The fourth-order valence-electron chi connectivity index (χ4n) is 3.09. The molecule has 1 atom stereocenters. The number of nitrogens with zero attached hydrogens (tertiary/aromatic N) is 1. The molecule has 2 amide bonds. The summed E-state index contributed by atoms with van der Waals surface area (Å²) < 4.78 is 27.4. The number of nitrogens with one attached hydrogen (secondary N) is 2. The van der Waals surface area contributed by atoms with Crippen LogP contribution in [0.2, 0.25) is 0 Å². The van der Waals surface area contributed by atoms with Gasteiger partial charge in [0.1, 0.15) is 0 Å². The van der Waals surface area contributed by atoms with Crippen molar-refractivity contribution in [2.45, 2.75) is 63.4 Å². The SMILES string of the molecule is C[C@@H]1CCCCN1S(=O)(=O)c1cccc(C(=O)NCC(=O)NC(C)(C)C)c1. The second-order valence-electron chi connectivity index (χ2n) is 7.97. The highest BCUT2D eigenvalue weighted by molar-refractivity contribution is 7.89. The molecule has 1 fully saturated rings. The molecule has 150 valence electrons. The number of amides is 2. The van der Waals surface area contributed by atoms with Crippen LogP contribution in [0.1, 0.15) is 57.3 Å². The standard InChI is InChI=1S/C19H29N3O4S/c1-14-8-5-6-11-22(14)27(25,26)16-10-7-9-15(12-16)18(24)20-13-17(23)21-19(2,3)4/h7,9-10,12,14H,5-6,8,11,13H2,1-4H3,(H,20,24)(H,21,23)/t14-/m1/s1. The summed E-state index contributed by atoms with van der Waals surface area (Å²) in [7, 11) is -3.65. The summed E-state index contributed by atoms with van der Waals surface area (Å²) >= 11 is 0. The summed E-state index contributed by atoms with van der Waals surface area (Å²) in [6.07, 6.45) is 2.70. The molecule has 0 aliphatic carbocycles. The van der Waals surface area contributed by atoms with Crippen molar-refractivity contribution in [3.8, 4) is 0 Å². The van der Waals surface area contributed by atoms with Crippen molar-refractivity contribution in [2.75, 3.05) is 13.1 Å². The van der Waals surface area contributed by atoms with Gasteiger partial charge < -0.3 is 10.6 Å². The van der Waals surface area contributed by atoms with Crippen LogP contribution in [0.3, 0.4) is 0 Å². The Bertz CT molecular complexity index is 799. The highest BCUT2D eigenvalue weighted by Gasteiger charge is 2.31. The van der Waals surface area contributed by atoms with Crippen molar-refractivity contribution >= 4 is 21.8 Å². The van der Waals surface area contributed by atoms with Crippen molar-refractivity contribution in [1.29, 1.82) is 0 Å². The number of carbonyl (C=O) groups is 2. The maximum absolute atomic E-state index is 12.9. The number of carbonyl (C=O) groups excluding carboxylic acids is 2. The van der Waals surface area contributed by atoms with E-state index in [0.29, 0.717) is 6.54 Å². The maximum atomic E-state index is 12.9. The predicted molar refractivity (Wildman–Crippen MR) is 104 cm³/mol. The molecule has 7 nitrogen and oxygen atoms in total. The molecule has 0 bridgehead atoms. The average molecular weight is 396 g/mol. The Labute approximate surface area is 161 Å². The highest BCUT2D eigenvalue weighted by Crippen LogP contribution is 2.25. The Morgan fingerprint density at radius 2 is 1.93 bits per heavy atom. The molecule has 8 heteroatoms. The van der Waals surface area contributed by atoms with E-state index in [4.69, 9.17) is 0 Å². The normalized spacial score (nSPS) is 18.7. The van der Waals surface area contributed by atoms with Crippen LogP contribution in [0.4, 0.5) is 0 Å². The molecule has 0 radical (unpaired) electrons. The lowest BCUT2D eigenvalue weighted by Gasteiger charge is -2.32. The molecular weight excluding hydrogens is 366 g/mol. The summed E-state index contributed by atoms with van der Waals surface area (Å²) in [5.74, 6) is -0.787. The zero-order chi connectivity index (χ0) is 20.2. The molecule has 0 aromatic heterocycles. The smallest absolute Gasteiger partial charge is 0.251 e. The van der Waals surface area contributed by atoms with Crippen LogP contribution in [0.25, 0.3) is 0 Å². The first kappa shape index (κ1) is 21.4. The number of sulfonamides is 1. The van der Waals surface area contributed by atoms with Gasteiger partial charge in [-0.05, 0) is 58.7 Å². The van der Waals surface area contributed by atoms with E-state index in [1.807, 2.05) is 27.7 Å². The minimum absolute atomic E-state index is 0.0534. The van der Waals surface area contributed by atoms with Crippen molar-refractivity contribution < 1.29 is 18.0 Å². The molecule has 0 unspecified atom stereocenters. The Hall–Kier alpha value is -1.93. The molecule has 0 spiro atoms. The molecular formula is C19H29N3O4S. The van der Waals surface area contributed by atoms with E-state index in [0.717, 1.165) is 19.3 Å². The molecule has 2 N–H and O–H groups in total. The van der Waals surface area contributed by atoms with Gasteiger partial charge in [-0.2, -0.15) is 4.31 Å². The second kappa shape index (κ2) is 8.39. The van der Waals surface area contributed by atoms with Gasteiger partial charge in [-0.25, -0.2) is 8.42 Å². The Kier molecular flexibility index (Phi) is 6.64. The van der Waals surface area contributed by atoms with Crippen LogP contribution in [-0.2, 0) is 14.8 Å². The lowest BCUT2D eigenvalue weighted by Crippen LogP contribution is -2.45. The first-order valence-corrected chi connectivity index (χ1v) is 10.7. The van der Waals surface area contributed by atoms with Gasteiger partial charge in [-0.1, -0.05) is 12.5 Å². The molecule has 1 heterocycles. The lowest BCUT2D eigenvalue weighted by atomic mass is 10.1. The van der Waals surface area contributed by atoms with E-state index < -0.39 is 15.9 Å². The lowest BCUT2D eigenvalue weighted by molar-refractivity contribution is -0.121. The first-order valence-electron chi connectivity index (χ1n) is 9.22. The molecule has 1 aromatic carbocycles. The summed E-state index contributed by atoms with van der Waals surface area (Å²) in [6, 6.07) is 5.90. The number of benzene rings is 1. The van der Waals surface area contributed by atoms with Gasteiger partial charge in [0.05, 0.1) is 11.4 Å². The van der Waals surface area contributed by atoms with E-state index >= 15 is 0 Å². The van der Waals surface area contributed by atoms with Crippen LogP contribution in [0, 0.1) is 0 Å². The third-order valence-corrected chi connectivity index (χ3v) is 6.38. The molecule has 2 rings (SSSR count). The highest BCUT2D eigenvalue weighted by atomic mass is 32.2. The van der Waals surface area contributed by atoms with Gasteiger partial charge in [-0.15, -0.1) is 0 Å². The van der Waals surface area contributed by atoms with Crippen molar-refractivity contribution in [2.24, 2.45) is 0 Å². The second-order valence-corrected chi connectivity index (χ2v) is 9.86. The molecule has 27 heavy (non-hydrogen) atoms. The topological polar surface area (TPSA) is 95.6 Å². The van der Waals surface area contributed by atoms with Crippen molar-refractivity contribution in [1.82, 2.24) is 14.9 Å². The number of piperidine rings is 1. The zero-order valence-corrected chi connectivity index (χ0v) is 17.2.